The van der Waals surface area contributed by atoms with Gasteiger partial charge in [0.25, 0.3) is 11.4 Å². The van der Waals surface area contributed by atoms with Crippen LogP contribution in [0, 0.1) is 20.2 Å². The van der Waals surface area contributed by atoms with Crippen molar-refractivity contribution in [2.75, 3.05) is 13.2 Å². The molecule has 2 heterocycles. The second-order valence-corrected chi connectivity index (χ2v) is 8.46. The summed E-state index contributed by atoms with van der Waals surface area (Å²) in [5, 5.41) is 23.2. The molecule has 2 aliphatic rings. The summed E-state index contributed by atoms with van der Waals surface area (Å²) < 4.78 is 34.3. The summed E-state index contributed by atoms with van der Waals surface area (Å²) in [5.74, 6) is -1.33. The van der Waals surface area contributed by atoms with Gasteiger partial charge in [0, 0.05) is 26.0 Å². The van der Waals surface area contributed by atoms with Gasteiger partial charge in [0.2, 0.25) is 0 Å². The maximum atomic E-state index is 11.9. The fourth-order valence-electron chi connectivity index (χ4n) is 4.33. The van der Waals surface area contributed by atoms with Crippen LogP contribution in [0.2, 0.25) is 0 Å². The first-order valence-electron chi connectivity index (χ1n) is 11.5. The number of nitro groups is 2. The molecule has 0 radical (unpaired) electrons. The summed E-state index contributed by atoms with van der Waals surface area (Å²) in [6, 6.07) is 11.6. The van der Waals surface area contributed by atoms with Crippen LogP contribution in [0.4, 0.5) is 11.4 Å². The number of carbonyl (C=O) groups excluding carboxylic acids is 2. The number of nitrogens with zero attached hydrogens (tertiary/aromatic N) is 2. The van der Waals surface area contributed by atoms with Crippen molar-refractivity contribution in [2.45, 2.75) is 50.8 Å². The molecular weight excluding hydrogens is 508 g/mol. The molecule has 0 bridgehead atoms. The first-order chi connectivity index (χ1) is 18.2. The van der Waals surface area contributed by atoms with Crippen molar-refractivity contribution < 1.29 is 47.9 Å². The maximum Gasteiger partial charge on any atom is 0.303 e. The van der Waals surface area contributed by atoms with E-state index in [-0.39, 0.29) is 35.7 Å². The summed E-state index contributed by atoms with van der Waals surface area (Å²) in [6.07, 6.45) is -7.00. The molecule has 2 aromatic carbocycles. The Morgan fingerprint density at radius 2 is 1.11 bits per heavy atom. The lowest BCUT2D eigenvalue weighted by molar-refractivity contribution is -0.391. The number of para-hydroxylation sites is 2. The second kappa shape index (κ2) is 11.6. The van der Waals surface area contributed by atoms with E-state index < -0.39 is 58.8 Å². The minimum atomic E-state index is -1.26. The number of carbonyl (C=O) groups is 2. The van der Waals surface area contributed by atoms with Crippen LogP contribution in [0.5, 0.6) is 0 Å². The molecule has 38 heavy (non-hydrogen) atoms. The summed E-state index contributed by atoms with van der Waals surface area (Å²) in [6.45, 7) is 1.89. The lowest BCUT2D eigenvalue weighted by Crippen LogP contribution is -2.57. The fraction of sp³-hybridized carbons (Fsp3) is 0.417. The summed E-state index contributed by atoms with van der Waals surface area (Å²) in [4.78, 5) is 45.7. The van der Waals surface area contributed by atoms with Gasteiger partial charge in [-0.2, -0.15) is 0 Å². The molecule has 0 saturated carbocycles. The molecule has 14 heteroatoms. The van der Waals surface area contributed by atoms with Gasteiger partial charge >= 0.3 is 11.9 Å². The Labute approximate surface area is 215 Å². The Morgan fingerprint density at radius 3 is 1.45 bits per heavy atom. The molecule has 2 aromatic rings. The molecule has 4 rings (SSSR count). The summed E-state index contributed by atoms with van der Waals surface area (Å²) in [7, 11) is 0. The van der Waals surface area contributed by atoms with Gasteiger partial charge < -0.3 is 28.4 Å². The Bertz CT molecular complexity index is 1130. The number of esters is 2. The molecule has 0 spiro atoms. The highest BCUT2D eigenvalue weighted by Crippen LogP contribution is 2.40. The zero-order valence-corrected chi connectivity index (χ0v) is 20.3. The van der Waals surface area contributed by atoms with Crippen LogP contribution in [-0.2, 0) is 38.0 Å². The van der Waals surface area contributed by atoms with Crippen molar-refractivity contribution >= 4 is 23.3 Å². The van der Waals surface area contributed by atoms with E-state index in [1.54, 1.807) is 12.1 Å². The third kappa shape index (κ3) is 5.94. The number of rotatable bonds is 7. The highest BCUT2D eigenvalue weighted by Gasteiger charge is 2.49. The Morgan fingerprint density at radius 1 is 0.737 bits per heavy atom. The van der Waals surface area contributed by atoms with Gasteiger partial charge in [-0.15, -0.1) is 0 Å². The van der Waals surface area contributed by atoms with Gasteiger partial charge in [-0.05, 0) is 12.1 Å². The van der Waals surface area contributed by atoms with Crippen LogP contribution >= 0.6 is 0 Å². The van der Waals surface area contributed by atoms with Crippen LogP contribution in [0.25, 0.3) is 0 Å². The van der Waals surface area contributed by atoms with Crippen molar-refractivity contribution in [3.05, 3.63) is 79.9 Å². The van der Waals surface area contributed by atoms with Crippen molar-refractivity contribution in [1.82, 2.24) is 0 Å². The fourth-order valence-corrected chi connectivity index (χ4v) is 4.33. The zero-order valence-electron chi connectivity index (χ0n) is 20.3. The molecule has 0 amide bonds. The van der Waals surface area contributed by atoms with E-state index in [2.05, 4.69) is 0 Å². The average Bonchev–Trinajstić information content (AvgIpc) is 2.88. The molecule has 2 aliphatic heterocycles. The van der Waals surface area contributed by atoms with E-state index in [9.17, 15) is 29.8 Å². The number of nitro benzene ring substituents is 2. The van der Waals surface area contributed by atoms with Gasteiger partial charge in [-0.25, -0.2) is 0 Å². The molecule has 2 saturated heterocycles. The first kappa shape index (κ1) is 27.1. The maximum absolute atomic E-state index is 11.9. The van der Waals surface area contributed by atoms with Crippen LogP contribution < -0.4 is 0 Å². The summed E-state index contributed by atoms with van der Waals surface area (Å²) in [5.41, 5.74) is -0.306. The largest absolute Gasteiger partial charge is 0.457 e. The van der Waals surface area contributed by atoms with E-state index in [0.29, 0.717) is 0 Å². The lowest BCUT2D eigenvalue weighted by atomic mass is 9.99. The average molecular weight is 532 g/mol. The van der Waals surface area contributed by atoms with Crippen molar-refractivity contribution in [1.29, 1.82) is 0 Å². The normalized spacial score (nSPS) is 27.2. The first-order valence-corrected chi connectivity index (χ1v) is 11.5. The molecule has 6 atom stereocenters. The highest BCUT2D eigenvalue weighted by molar-refractivity contribution is 5.66. The molecule has 0 aliphatic carbocycles. The van der Waals surface area contributed by atoms with Gasteiger partial charge in [0.05, 0.1) is 34.2 Å². The van der Waals surface area contributed by atoms with Crippen LogP contribution in [0.1, 0.15) is 37.6 Å². The van der Waals surface area contributed by atoms with Crippen molar-refractivity contribution in [3.63, 3.8) is 0 Å². The van der Waals surface area contributed by atoms with Crippen LogP contribution in [0.15, 0.2) is 48.5 Å². The highest BCUT2D eigenvalue weighted by atomic mass is 16.8. The lowest BCUT2D eigenvalue weighted by Gasteiger charge is -2.44. The molecule has 14 nitrogen and oxygen atoms in total. The van der Waals surface area contributed by atoms with E-state index >= 15 is 0 Å². The quantitative estimate of drug-likeness (QED) is 0.290. The second-order valence-electron chi connectivity index (χ2n) is 8.46. The topological polar surface area (TPSA) is 176 Å². The van der Waals surface area contributed by atoms with Crippen LogP contribution in [0.3, 0.4) is 0 Å². The van der Waals surface area contributed by atoms with Crippen molar-refractivity contribution in [2.24, 2.45) is 0 Å². The Kier molecular flexibility index (Phi) is 8.26. The SMILES string of the molecule is CC(=O)O[C@H]1CO[C@@H](c2ccccc2[N+](=O)[O-])O[C@@H]1[C@H]1O[C@@H](c2ccccc2[N+](=O)[O-])OC[C@H]1OC(C)=O. The smallest absolute Gasteiger partial charge is 0.303 e. The Hall–Kier alpha value is -3.98. The molecule has 0 N–H and O–H groups in total. The molecule has 2 fully saturated rings. The van der Waals surface area contributed by atoms with E-state index in [4.69, 9.17) is 28.4 Å². The van der Waals surface area contributed by atoms with Gasteiger partial charge in [-0.3, -0.25) is 29.8 Å². The minimum absolute atomic E-state index is 0.107. The predicted molar refractivity (Wildman–Crippen MR) is 124 cm³/mol. The molecule has 0 unspecified atom stereocenters. The van der Waals surface area contributed by atoms with Crippen LogP contribution in [-0.4, -0.2) is 59.4 Å². The van der Waals surface area contributed by atoms with Gasteiger partial charge in [0.1, 0.15) is 12.2 Å². The molecule has 0 aromatic heterocycles. The van der Waals surface area contributed by atoms with E-state index in [1.807, 2.05) is 0 Å². The van der Waals surface area contributed by atoms with E-state index in [1.165, 1.54) is 50.2 Å². The number of hydrogen-bond donors (Lipinski definition) is 0. The minimum Gasteiger partial charge on any atom is -0.457 e. The zero-order chi connectivity index (χ0) is 27.4. The molecule has 202 valence electrons. The summed E-state index contributed by atoms with van der Waals surface area (Å²) >= 11 is 0. The number of benzene rings is 2. The van der Waals surface area contributed by atoms with Gasteiger partial charge in [0.15, 0.2) is 24.8 Å². The third-order valence-corrected chi connectivity index (χ3v) is 5.85. The predicted octanol–water partition coefficient (Wildman–Crippen LogP) is 2.89. The monoisotopic (exact) mass is 532 g/mol. The van der Waals surface area contributed by atoms with E-state index in [0.717, 1.165) is 0 Å². The Balaban J connectivity index is 1.71. The standard InChI is InChI=1S/C24H24N2O12/c1-13(27)35-19-11-33-23(15-7-3-5-9-17(15)25(29)30)37-21(19)22-20(36-14(2)28)12-34-24(38-22)16-8-4-6-10-18(16)26(31)32/h3-10,19-24H,11-12H2,1-2H3/t19-,20+,21-,22-,23+,24-/m0/s1. The van der Waals surface area contributed by atoms with Gasteiger partial charge in [-0.1, -0.05) is 24.3 Å². The third-order valence-electron chi connectivity index (χ3n) is 5.85. The van der Waals surface area contributed by atoms with Crippen molar-refractivity contribution in [3.8, 4) is 0 Å². The number of ether oxygens (including phenoxy) is 6. The molecular formula is C24H24N2O12. The number of hydrogen-bond acceptors (Lipinski definition) is 12.